The minimum Gasteiger partial charge on any atom is -0.545 e. The summed E-state index contributed by atoms with van der Waals surface area (Å²) in [5.41, 5.74) is 8.70. The van der Waals surface area contributed by atoms with E-state index in [1.807, 2.05) is 13.8 Å². The summed E-state index contributed by atoms with van der Waals surface area (Å²) in [6, 6.07) is -1.33. The first kappa shape index (κ1) is 22.6. The van der Waals surface area contributed by atoms with Crippen LogP contribution in [0.1, 0.15) is 40.0 Å². The Labute approximate surface area is 178 Å². The van der Waals surface area contributed by atoms with Crippen LogP contribution in [-0.2, 0) is 14.3 Å². The zero-order valence-electron chi connectivity index (χ0n) is 14.0. The Morgan fingerprint density at radius 1 is 1.52 bits per heavy atom. The Morgan fingerprint density at radius 2 is 2.13 bits per heavy atom. The van der Waals surface area contributed by atoms with Crippen molar-refractivity contribution in [3.8, 4) is 0 Å². The number of rotatable bonds is 7. The van der Waals surface area contributed by atoms with Crippen molar-refractivity contribution in [3.63, 3.8) is 0 Å². The van der Waals surface area contributed by atoms with Crippen LogP contribution in [0, 0.1) is 0 Å². The number of hydrogen-bond donors (Lipinski definition) is 1. The first-order valence-electron chi connectivity index (χ1n) is 7.31. The van der Waals surface area contributed by atoms with Crippen LogP contribution >= 0.6 is 0 Å². The molecule has 0 bridgehead atoms. The minimum absolute atomic E-state index is 0. The molecule has 0 saturated carbocycles. The van der Waals surface area contributed by atoms with E-state index in [-0.39, 0.29) is 75.4 Å². The van der Waals surface area contributed by atoms with Gasteiger partial charge in [-0.05, 0) is 36.4 Å². The van der Waals surface area contributed by atoms with Crippen LogP contribution in [0.15, 0.2) is 16.8 Å². The van der Waals surface area contributed by atoms with Crippen LogP contribution in [0.4, 0.5) is 0 Å². The largest absolute Gasteiger partial charge is 1.00 e. The Bertz CT molecular complexity index is 501. The average Bonchev–Trinajstić information content (AvgIpc) is 2.46. The van der Waals surface area contributed by atoms with Gasteiger partial charge in [-0.15, -0.1) is 0 Å². The summed E-state index contributed by atoms with van der Waals surface area (Å²) in [6.07, 6.45) is 2.19. The standard InChI is InChI=1S/C14H22N4O4.K/c1-4-10(5-2)22-12-7-9(14(20)21)6-11(17-18-15)13(12)16-8(3)19;/h7,10-13H,4-6H2,1-3H3,(H,16,19)(H,20,21);/q;+1/p-1/t11?,12-,13-;/m1./s1. The smallest absolute Gasteiger partial charge is 0.545 e. The number of carboxylic acids is 1. The van der Waals surface area contributed by atoms with Crippen molar-refractivity contribution in [2.75, 3.05) is 0 Å². The normalized spacial score (nSPS) is 23.3. The molecule has 1 aliphatic rings. The fourth-order valence-corrected chi connectivity index (χ4v) is 2.51. The number of amides is 1. The van der Waals surface area contributed by atoms with Crippen molar-refractivity contribution in [1.29, 1.82) is 0 Å². The van der Waals surface area contributed by atoms with Gasteiger partial charge in [0, 0.05) is 11.8 Å². The van der Waals surface area contributed by atoms with Gasteiger partial charge in [-0.25, -0.2) is 0 Å². The molecule has 23 heavy (non-hydrogen) atoms. The minimum atomic E-state index is -1.32. The summed E-state index contributed by atoms with van der Waals surface area (Å²) in [6.45, 7) is 5.26. The zero-order chi connectivity index (χ0) is 16.7. The van der Waals surface area contributed by atoms with Gasteiger partial charge in [0.2, 0.25) is 5.91 Å². The van der Waals surface area contributed by atoms with Crippen molar-refractivity contribution >= 4 is 11.9 Å². The second-order valence-corrected chi connectivity index (χ2v) is 5.22. The molecule has 0 aliphatic heterocycles. The van der Waals surface area contributed by atoms with E-state index in [0.717, 1.165) is 12.8 Å². The predicted molar refractivity (Wildman–Crippen MR) is 77.5 cm³/mol. The van der Waals surface area contributed by atoms with E-state index in [1.165, 1.54) is 13.0 Å². The quantitative estimate of drug-likeness (QED) is 0.243. The van der Waals surface area contributed by atoms with Gasteiger partial charge in [0.05, 0.1) is 30.3 Å². The molecule has 3 atom stereocenters. The number of nitrogens with zero attached hydrogens (tertiary/aromatic N) is 3. The van der Waals surface area contributed by atoms with E-state index in [9.17, 15) is 14.7 Å². The molecule has 1 aliphatic carbocycles. The van der Waals surface area contributed by atoms with E-state index in [2.05, 4.69) is 15.3 Å². The third kappa shape index (κ3) is 6.92. The van der Waals surface area contributed by atoms with Crippen LogP contribution in [0.5, 0.6) is 0 Å². The monoisotopic (exact) mass is 348 g/mol. The third-order valence-electron chi connectivity index (χ3n) is 3.66. The Balaban J connectivity index is 0.00000484. The van der Waals surface area contributed by atoms with Gasteiger partial charge in [0.1, 0.15) is 0 Å². The summed E-state index contributed by atoms with van der Waals surface area (Å²) in [5.74, 6) is -1.62. The molecule has 0 spiro atoms. The van der Waals surface area contributed by atoms with Crippen molar-refractivity contribution in [2.24, 2.45) is 5.11 Å². The van der Waals surface area contributed by atoms with Gasteiger partial charge in [0.15, 0.2) is 0 Å². The maximum atomic E-state index is 11.4. The van der Waals surface area contributed by atoms with Gasteiger partial charge in [-0.3, -0.25) is 4.79 Å². The van der Waals surface area contributed by atoms with E-state index in [0.29, 0.717) is 0 Å². The molecule has 122 valence electrons. The molecule has 1 amide bonds. The van der Waals surface area contributed by atoms with E-state index >= 15 is 0 Å². The molecule has 0 heterocycles. The second kappa shape index (κ2) is 11.2. The van der Waals surface area contributed by atoms with Crippen LogP contribution in [0.3, 0.4) is 0 Å². The van der Waals surface area contributed by atoms with Gasteiger partial charge >= 0.3 is 51.4 Å². The number of carbonyl (C=O) groups is 2. The summed E-state index contributed by atoms with van der Waals surface area (Å²) in [7, 11) is 0. The maximum Gasteiger partial charge on any atom is 1.00 e. The molecule has 0 aromatic carbocycles. The molecule has 0 saturated heterocycles. The van der Waals surface area contributed by atoms with Crippen LogP contribution < -0.4 is 61.8 Å². The summed E-state index contributed by atoms with van der Waals surface area (Å²) in [4.78, 5) is 25.3. The van der Waals surface area contributed by atoms with E-state index in [4.69, 9.17) is 10.3 Å². The number of azide groups is 1. The molecule has 8 nitrogen and oxygen atoms in total. The molecule has 0 aromatic heterocycles. The zero-order valence-corrected chi connectivity index (χ0v) is 17.1. The molecular weight excluding hydrogens is 327 g/mol. The number of aliphatic carboxylic acids is 1. The van der Waals surface area contributed by atoms with Gasteiger partial charge in [0.25, 0.3) is 0 Å². The number of nitrogens with one attached hydrogen (secondary N) is 1. The molecule has 0 radical (unpaired) electrons. The van der Waals surface area contributed by atoms with Gasteiger partial charge in [-0.1, -0.05) is 19.0 Å². The molecule has 1 N–H and O–H groups in total. The Hall–Kier alpha value is -0.414. The maximum absolute atomic E-state index is 11.4. The number of carbonyl (C=O) groups excluding carboxylic acids is 2. The topological polar surface area (TPSA) is 127 Å². The molecular formula is C14H21KN4O4. The molecule has 9 heteroatoms. The fraction of sp³-hybridized carbons (Fsp3) is 0.714. The van der Waals surface area contributed by atoms with Crippen molar-refractivity contribution in [3.05, 3.63) is 22.1 Å². The van der Waals surface area contributed by atoms with E-state index in [1.54, 1.807) is 0 Å². The summed E-state index contributed by atoms with van der Waals surface area (Å²) >= 11 is 0. The summed E-state index contributed by atoms with van der Waals surface area (Å²) < 4.78 is 5.89. The number of carboxylic acid groups (broad SMARTS) is 1. The molecule has 1 rings (SSSR count). The van der Waals surface area contributed by atoms with Crippen LogP contribution in [0.25, 0.3) is 10.4 Å². The first-order valence-corrected chi connectivity index (χ1v) is 7.31. The summed E-state index contributed by atoms with van der Waals surface area (Å²) in [5, 5.41) is 17.5. The number of ether oxygens (including phenoxy) is 1. The number of hydrogen-bond acceptors (Lipinski definition) is 5. The van der Waals surface area contributed by atoms with Crippen molar-refractivity contribution in [2.45, 2.75) is 64.3 Å². The first-order chi connectivity index (χ1) is 10.4. The van der Waals surface area contributed by atoms with Crippen molar-refractivity contribution < 1.29 is 70.8 Å². The Morgan fingerprint density at radius 3 is 2.57 bits per heavy atom. The van der Waals surface area contributed by atoms with Crippen LogP contribution in [-0.4, -0.2) is 36.2 Å². The molecule has 0 aromatic rings. The van der Waals surface area contributed by atoms with Crippen LogP contribution in [0.2, 0.25) is 0 Å². The second-order valence-electron chi connectivity index (χ2n) is 5.22. The van der Waals surface area contributed by atoms with Gasteiger partial charge < -0.3 is 20.0 Å². The van der Waals surface area contributed by atoms with Crippen molar-refractivity contribution in [1.82, 2.24) is 5.32 Å². The predicted octanol–water partition coefficient (Wildman–Crippen LogP) is -2.17. The molecule has 1 unspecified atom stereocenters. The Kier molecular flexibility index (Phi) is 11.0. The average molecular weight is 348 g/mol. The van der Waals surface area contributed by atoms with Gasteiger partial charge in [-0.2, -0.15) is 0 Å². The third-order valence-corrected chi connectivity index (χ3v) is 3.66. The molecule has 0 fully saturated rings. The van der Waals surface area contributed by atoms with E-state index < -0.39 is 24.2 Å². The SMILES string of the molecule is CCC(CC)O[C@@H]1C=C(C(=O)[O-])CC(N=[N+]=[N-])[C@H]1NC(C)=O.[K+]. The fourth-order valence-electron chi connectivity index (χ4n) is 2.51.